The third-order valence-electron chi connectivity index (χ3n) is 5.34. The molecule has 1 aliphatic heterocycles. The van der Waals surface area contributed by atoms with E-state index in [1.165, 1.54) is 5.56 Å². The number of nitrogen functional groups attached to an aromatic ring is 1. The molecule has 29 heavy (non-hydrogen) atoms. The van der Waals surface area contributed by atoms with Crippen LogP contribution >= 0.6 is 11.8 Å². The van der Waals surface area contributed by atoms with Gasteiger partial charge >= 0.3 is 0 Å². The number of nitrogens with one attached hydrogen (secondary N) is 3. The number of aromatic nitrogens is 4. The van der Waals surface area contributed by atoms with E-state index in [1.807, 2.05) is 6.07 Å². The van der Waals surface area contributed by atoms with Crippen molar-refractivity contribution in [1.82, 2.24) is 25.5 Å². The Morgan fingerprint density at radius 2 is 2.17 bits per heavy atom. The zero-order chi connectivity index (χ0) is 20.3. The normalized spacial score (nSPS) is 18.4. The Balaban J connectivity index is 1.46. The predicted octanol–water partition coefficient (Wildman–Crippen LogP) is 2.82. The van der Waals surface area contributed by atoms with Crippen LogP contribution in [0.3, 0.4) is 0 Å². The first-order chi connectivity index (χ1) is 13.8. The topological polar surface area (TPSA) is 122 Å². The molecule has 1 aliphatic carbocycles. The molecule has 9 heteroatoms. The molecule has 5 rings (SSSR count). The van der Waals surface area contributed by atoms with Crippen LogP contribution in [0.25, 0.3) is 11.4 Å². The van der Waals surface area contributed by atoms with E-state index in [1.54, 1.807) is 18.0 Å². The summed E-state index contributed by atoms with van der Waals surface area (Å²) in [4.78, 5) is 22.7. The molecule has 0 saturated carbocycles. The molecule has 8 nitrogen and oxygen atoms in total. The van der Waals surface area contributed by atoms with Crippen molar-refractivity contribution < 1.29 is 4.79 Å². The quantitative estimate of drug-likeness (QED) is 0.515. The maximum Gasteiger partial charge on any atom is 0.271 e. The van der Waals surface area contributed by atoms with E-state index in [2.05, 4.69) is 63.7 Å². The van der Waals surface area contributed by atoms with Gasteiger partial charge in [-0.25, -0.2) is 9.97 Å². The number of hydrogen-bond acceptors (Lipinski definition) is 7. The summed E-state index contributed by atoms with van der Waals surface area (Å²) < 4.78 is 0. The van der Waals surface area contributed by atoms with Gasteiger partial charge in [0.2, 0.25) is 5.95 Å². The Bertz CT molecular complexity index is 1150. The molecule has 3 heterocycles. The molecule has 5 N–H and O–H groups in total. The van der Waals surface area contributed by atoms with Gasteiger partial charge in [-0.2, -0.15) is 5.10 Å². The van der Waals surface area contributed by atoms with E-state index in [4.69, 9.17) is 5.73 Å². The highest BCUT2D eigenvalue weighted by molar-refractivity contribution is 8.00. The van der Waals surface area contributed by atoms with Crippen molar-refractivity contribution in [2.45, 2.75) is 43.0 Å². The number of carbonyl (C=O) groups excluding carboxylic acids is 1. The molecule has 0 bridgehead atoms. The Kier molecular flexibility index (Phi) is 3.86. The standard InChI is InChI=1S/C20H21N7OS/c1-9-4-5-11-12(6-9)29-19(23-11)25-17(28)16-13-15(26-27-16)14-10(7-20(13,2)3)8-22-18(21)24-14/h4-6,8,19,23H,7H2,1-3H3,(H,25,28)(H,26,27)(H2,21,22,24). The van der Waals surface area contributed by atoms with Crippen LogP contribution in [0, 0.1) is 6.92 Å². The molecule has 1 unspecified atom stereocenters. The van der Waals surface area contributed by atoms with Crippen molar-refractivity contribution in [3.63, 3.8) is 0 Å². The fraction of sp³-hybridized carbons (Fsp3) is 0.300. The van der Waals surface area contributed by atoms with Crippen LogP contribution < -0.4 is 16.4 Å². The number of carbonyl (C=O) groups is 1. The molecule has 2 aliphatic rings. The summed E-state index contributed by atoms with van der Waals surface area (Å²) in [6.07, 6.45) is 2.45. The van der Waals surface area contributed by atoms with Crippen LogP contribution in [0.2, 0.25) is 0 Å². The smallest absolute Gasteiger partial charge is 0.271 e. The second-order valence-electron chi connectivity index (χ2n) is 8.10. The highest BCUT2D eigenvalue weighted by Gasteiger charge is 2.39. The number of H-pyrrole nitrogens is 1. The number of amides is 1. The number of nitrogens with two attached hydrogens (primary N) is 1. The van der Waals surface area contributed by atoms with Gasteiger partial charge in [-0.15, -0.1) is 0 Å². The van der Waals surface area contributed by atoms with Crippen molar-refractivity contribution in [2.24, 2.45) is 0 Å². The summed E-state index contributed by atoms with van der Waals surface area (Å²) in [5.74, 6) is -0.00477. The zero-order valence-electron chi connectivity index (χ0n) is 16.3. The molecule has 0 fully saturated rings. The lowest BCUT2D eigenvalue weighted by Gasteiger charge is -2.31. The number of aromatic amines is 1. The molecule has 0 radical (unpaired) electrons. The molecular weight excluding hydrogens is 386 g/mol. The Hall–Kier alpha value is -3.07. The van der Waals surface area contributed by atoms with Crippen molar-refractivity contribution >= 4 is 29.3 Å². The third kappa shape index (κ3) is 2.93. The molecular formula is C20H21N7OS. The predicted molar refractivity (Wildman–Crippen MR) is 113 cm³/mol. The Morgan fingerprint density at radius 1 is 1.34 bits per heavy atom. The number of benzene rings is 1. The number of aryl methyl sites for hydroxylation is 1. The van der Waals surface area contributed by atoms with Crippen LogP contribution in [0.1, 0.15) is 41.0 Å². The molecule has 1 amide bonds. The minimum atomic E-state index is -0.294. The Morgan fingerprint density at radius 3 is 3.00 bits per heavy atom. The largest absolute Gasteiger partial charge is 0.368 e. The molecule has 0 saturated heterocycles. The number of nitrogens with zero attached hydrogens (tertiary/aromatic N) is 3. The molecule has 3 aromatic rings. The zero-order valence-corrected chi connectivity index (χ0v) is 17.1. The van der Waals surface area contributed by atoms with Crippen molar-refractivity contribution in [3.8, 4) is 11.4 Å². The summed E-state index contributed by atoms with van der Waals surface area (Å²) in [5.41, 5.74) is 11.1. The van der Waals surface area contributed by atoms with Gasteiger partial charge in [0.05, 0.1) is 11.4 Å². The first-order valence-electron chi connectivity index (χ1n) is 9.37. The van der Waals surface area contributed by atoms with Gasteiger partial charge in [-0.05, 0) is 42.0 Å². The van der Waals surface area contributed by atoms with Crippen LogP contribution in [0.4, 0.5) is 11.6 Å². The van der Waals surface area contributed by atoms with Gasteiger partial charge in [0.1, 0.15) is 11.4 Å². The summed E-state index contributed by atoms with van der Waals surface area (Å²) in [7, 11) is 0. The lowest BCUT2D eigenvalue weighted by molar-refractivity contribution is 0.0945. The first kappa shape index (κ1) is 18.0. The number of hydrogen-bond donors (Lipinski definition) is 4. The summed E-state index contributed by atoms with van der Waals surface area (Å²) in [5, 5.41) is 13.8. The lowest BCUT2D eigenvalue weighted by atomic mass is 9.73. The van der Waals surface area contributed by atoms with E-state index in [0.717, 1.165) is 21.7 Å². The molecule has 1 aromatic carbocycles. The summed E-state index contributed by atoms with van der Waals surface area (Å²) >= 11 is 1.59. The fourth-order valence-corrected chi connectivity index (χ4v) is 5.17. The fourth-order valence-electron chi connectivity index (χ4n) is 4.06. The van der Waals surface area contributed by atoms with Crippen molar-refractivity contribution in [2.75, 3.05) is 11.1 Å². The van der Waals surface area contributed by atoms with Crippen LogP contribution in [-0.4, -0.2) is 31.6 Å². The van der Waals surface area contributed by atoms with Gasteiger partial charge in [0, 0.05) is 16.7 Å². The van der Waals surface area contributed by atoms with Crippen molar-refractivity contribution in [3.05, 3.63) is 46.8 Å². The van der Waals surface area contributed by atoms with Gasteiger partial charge < -0.3 is 16.4 Å². The Labute approximate surface area is 172 Å². The second-order valence-corrected chi connectivity index (χ2v) is 9.25. The van der Waals surface area contributed by atoms with Gasteiger partial charge in [0.25, 0.3) is 5.91 Å². The lowest BCUT2D eigenvalue weighted by Crippen LogP contribution is -2.38. The maximum atomic E-state index is 13.1. The van der Waals surface area contributed by atoms with Crippen LogP contribution in [0.15, 0.2) is 29.3 Å². The monoisotopic (exact) mass is 407 g/mol. The van der Waals surface area contributed by atoms with E-state index < -0.39 is 0 Å². The minimum absolute atomic E-state index is 0.197. The average molecular weight is 408 g/mol. The van der Waals surface area contributed by atoms with Gasteiger partial charge in [-0.3, -0.25) is 9.89 Å². The SMILES string of the molecule is Cc1ccc2c(c1)SC(NC(=O)c1[nH]nc3c1C(C)(C)Cc1cnc(N)nc1-3)N2. The summed E-state index contributed by atoms with van der Waals surface area (Å²) in [6, 6.07) is 6.20. The maximum absolute atomic E-state index is 13.1. The molecule has 1 atom stereocenters. The van der Waals surface area contributed by atoms with Crippen LogP contribution in [0.5, 0.6) is 0 Å². The third-order valence-corrected chi connectivity index (χ3v) is 6.40. The summed E-state index contributed by atoms with van der Waals surface area (Å²) in [6.45, 7) is 6.25. The number of fused-ring (bicyclic) bond motifs is 4. The number of rotatable bonds is 2. The highest BCUT2D eigenvalue weighted by Crippen LogP contribution is 2.43. The van der Waals surface area contributed by atoms with E-state index >= 15 is 0 Å². The number of thioether (sulfide) groups is 1. The molecule has 148 valence electrons. The highest BCUT2D eigenvalue weighted by atomic mass is 32.2. The van der Waals surface area contributed by atoms with Crippen LogP contribution in [-0.2, 0) is 11.8 Å². The minimum Gasteiger partial charge on any atom is -0.368 e. The van der Waals surface area contributed by atoms with E-state index in [9.17, 15) is 4.79 Å². The number of anilines is 2. The molecule has 2 aromatic heterocycles. The first-order valence-corrected chi connectivity index (χ1v) is 10.2. The molecule has 0 spiro atoms. The van der Waals surface area contributed by atoms with Gasteiger partial charge in [0.15, 0.2) is 5.50 Å². The van der Waals surface area contributed by atoms with E-state index in [0.29, 0.717) is 23.5 Å². The van der Waals surface area contributed by atoms with Gasteiger partial charge in [-0.1, -0.05) is 31.7 Å². The van der Waals surface area contributed by atoms with E-state index in [-0.39, 0.29) is 22.8 Å². The van der Waals surface area contributed by atoms with Crippen molar-refractivity contribution in [1.29, 1.82) is 0 Å². The average Bonchev–Trinajstić information content (AvgIpc) is 3.26. The second kappa shape index (κ2) is 6.21.